The second kappa shape index (κ2) is 9.35. The summed E-state index contributed by atoms with van der Waals surface area (Å²) in [5, 5.41) is 12.7. The molecule has 2 saturated heterocycles. The van der Waals surface area contributed by atoms with E-state index in [2.05, 4.69) is 15.6 Å². The number of halogens is 3. The van der Waals surface area contributed by atoms with E-state index in [1.54, 1.807) is 16.8 Å². The van der Waals surface area contributed by atoms with Crippen molar-refractivity contribution >= 4 is 40.1 Å². The van der Waals surface area contributed by atoms with Gasteiger partial charge in [-0.2, -0.15) is 13.2 Å². The maximum Gasteiger partial charge on any atom is 0.403 e. The summed E-state index contributed by atoms with van der Waals surface area (Å²) in [5.74, 6) is -1.93. The van der Waals surface area contributed by atoms with Gasteiger partial charge < -0.3 is 4.90 Å². The van der Waals surface area contributed by atoms with Crippen molar-refractivity contribution in [2.45, 2.75) is 69.6 Å². The fourth-order valence-corrected chi connectivity index (χ4v) is 6.76. The Balaban J connectivity index is 1.10. The molecule has 3 fully saturated rings. The van der Waals surface area contributed by atoms with Crippen molar-refractivity contribution in [1.29, 1.82) is 0 Å². The lowest BCUT2D eigenvalue weighted by atomic mass is 9.88. The molecule has 3 aromatic rings. The molecular weight excluding hydrogens is 565 g/mol. The lowest BCUT2D eigenvalue weighted by Crippen LogP contribution is -2.53. The smallest absolute Gasteiger partial charge is 0.342 e. The van der Waals surface area contributed by atoms with Crippen LogP contribution in [0.2, 0.25) is 0 Å². The zero-order valence-electron chi connectivity index (χ0n) is 23.4. The zero-order chi connectivity index (χ0) is 30.3. The molecule has 43 heavy (non-hydrogen) atoms. The van der Waals surface area contributed by atoms with E-state index in [0.717, 1.165) is 16.3 Å². The number of nitrogens with one attached hydrogen (secondary N) is 1. The quantitative estimate of drug-likeness (QED) is 0.453. The average molecular weight is 595 g/mol. The number of likely N-dealkylation sites (tertiary alicyclic amines) is 1. The lowest BCUT2D eigenvalue weighted by Gasteiger charge is -2.40. The van der Waals surface area contributed by atoms with Crippen molar-refractivity contribution in [2.75, 3.05) is 18.0 Å². The molecule has 13 heteroatoms. The molecule has 1 aliphatic carbocycles. The molecule has 2 aromatic carbocycles. The summed E-state index contributed by atoms with van der Waals surface area (Å²) in [6.45, 7) is 2.40. The van der Waals surface area contributed by atoms with Crippen LogP contribution >= 0.6 is 0 Å². The first-order chi connectivity index (χ1) is 20.4. The Morgan fingerprint density at radius 3 is 2.49 bits per heavy atom. The summed E-state index contributed by atoms with van der Waals surface area (Å²) in [4.78, 5) is 53.2. The van der Waals surface area contributed by atoms with Gasteiger partial charge in [0.1, 0.15) is 11.5 Å². The van der Waals surface area contributed by atoms with Gasteiger partial charge in [-0.1, -0.05) is 23.4 Å². The van der Waals surface area contributed by atoms with Crippen LogP contribution in [-0.4, -0.2) is 68.8 Å². The molecule has 224 valence electrons. The van der Waals surface area contributed by atoms with Crippen LogP contribution in [0.15, 0.2) is 36.5 Å². The van der Waals surface area contributed by atoms with Crippen molar-refractivity contribution in [3.63, 3.8) is 0 Å². The number of hydrogen-bond donors (Lipinski definition) is 1. The van der Waals surface area contributed by atoms with Crippen molar-refractivity contribution in [1.82, 2.24) is 25.2 Å². The number of carbonyl (C=O) groups is 4. The van der Waals surface area contributed by atoms with Crippen molar-refractivity contribution in [3.8, 4) is 0 Å². The molecule has 10 nitrogen and oxygen atoms in total. The van der Waals surface area contributed by atoms with E-state index in [-0.39, 0.29) is 50.6 Å². The SMILES string of the molecule is CC1(n2cc(Cc3ccc4c5c(cccc35)C(=O)N4C3CCC(=O)NC3=O)nn2)CCN(C(=O)C2(C(F)(F)F)CC2)CC1. The van der Waals surface area contributed by atoms with Gasteiger partial charge in [0.25, 0.3) is 5.91 Å². The van der Waals surface area contributed by atoms with Gasteiger partial charge in [-0.3, -0.25) is 29.4 Å². The molecular formula is C30H29F3N6O4. The third-order valence-corrected chi connectivity index (χ3v) is 9.63. The molecule has 0 spiro atoms. The fraction of sp³-hybridized carbons (Fsp3) is 0.467. The van der Waals surface area contributed by atoms with E-state index in [4.69, 9.17) is 0 Å². The Bertz CT molecular complexity index is 1700. The van der Waals surface area contributed by atoms with Gasteiger partial charge in [0.15, 0.2) is 0 Å². The van der Waals surface area contributed by atoms with Crippen LogP contribution in [0.4, 0.5) is 18.9 Å². The van der Waals surface area contributed by atoms with Crippen LogP contribution in [0.5, 0.6) is 0 Å². The minimum absolute atomic E-state index is 0.143. The molecule has 0 bridgehead atoms. The normalized spacial score (nSPS) is 22.7. The van der Waals surface area contributed by atoms with E-state index in [1.165, 1.54) is 9.80 Å². The number of benzene rings is 2. The highest BCUT2D eigenvalue weighted by molar-refractivity contribution is 6.27. The van der Waals surface area contributed by atoms with Gasteiger partial charge in [0, 0.05) is 43.1 Å². The van der Waals surface area contributed by atoms with Crippen molar-refractivity contribution in [2.24, 2.45) is 5.41 Å². The van der Waals surface area contributed by atoms with Crippen LogP contribution in [0.3, 0.4) is 0 Å². The number of aromatic nitrogens is 3. The third kappa shape index (κ3) is 4.22. The molecule has 7 rings (SSSR count). The van der Waals surface area contributed by atoms with Crippen molar-refractivity contribution < 1.29 is 32.3 Å². The van der Waals surface area contributed by atoms with E-state index in [1.807, 2.05) is 31.3 Å². The molecule has 4 aliphatic rings. The van der Waals surface area contributed by atoms with E-state index >= 15 is 0 Å². The number of amides is 4. The Labute approximate surface area is 244 Å². The number of alkyl halides is 3. The van der Waals surface area contributed by atoms with Crippen molar-refractivity contribution in [3.05, 3.63) is 53.3 Å². The Morgan fingerprint density at radius 1 is 1.07 bits per heavy atom. The van der Waals surface area contributed by atoms with Crippen LogP contribution in [-0.2, 0) is 26.3 Å². The molecule has 1 N–H and O–H groups in total. The number of anilines is 1. The van der Waals surface area contributed by atoms with Gasteiger partial charge in [0.2, 0.25) is 17.7 Å². The molecule has 1 unspecified atom stereocenters. The van der Waals surface area contributed by atoms with Gasteiger partial charge in [-0.05, 0) is 62.1 Å². The van der Waals surface area contributed by atoms with E-state index < -0.39 is 35.0 Å². The van der Waals surface area contributed by atoms with E-state index in [0.29, 0.717) is 36.2 Å². The highest BCUT2D eigenvalue weighted by Gasteiger charge is 2.69. The van der Waals surface area contributed by atoms with Crippen LogP contribution in [0.25, 0.3) is 10.8 Å². The van der Waals surface area contributed by atoms with Gasteiger partial charge >= 0.3 is 6.18 Å². The molecule has 1 aromatic heterocycles. The largest absolute Gasteiger partial charge is 0.403 e. The summed E-state index contributed by atoms with van der Waals surface area (Å²) in [5.41, 5.74) is 0.0108. The maximum atomic E-state index is 13.5. The first-order valence-corrected chi connectivity index (χ1v) is 14.4. The predicted octanol–water partition coefficient (Wildman–Crippen LogP) is 3.47. The topological polar surface area (TPSA) is 118 Å². The molecule has 1 atom stereocenters. The first-order valence-electron chi connectivity index (χ1n) is 14.4. The summed E-state index contributed by atoms with van der Waals surface area (Å²) in [7, 11) is 0. The highest BCUT2D eigenvalue weighted by Crippen LogP contribution is 2.59. The Kier molecular flexibility index (Phi) is 5.99. The summed E-state index contributed by atoms with van der Waals surface area (Å²) in [6.07, 6.45) is -1.24. The van der Waals surface area contributed by atoms with E-state index in [9.17, 15) is 32.3 Å². The summed E-state index contributed by atoms with van der Waals surface area (Å²) in [6, 6.07) is 8.41. The Hall–Kier alpha value is -4.29. The predicted molar refractivity (Wildman–Crippen MR) is 147 cm³/mol. The van der Waals surface area contributed by atoms with Gasteiger partial charge in [-0.15, -0.1) is 5.10 Å². The molecule has 4 heterocycles. The molecule has 3 aliphatic heterocycles. The van der Waals surface area contributed by atoms with Gasteiger partial charge in [-0.25, -0.2) is 4.68 Å². The fourth-order valence-electron chi connectivity index (χ4n) is 6.76. The van der Waals surface area contributed by atoms with Gasteiger partial charge in [0.05, 0.1) is 16.9 Å². The average Bonchev–Trinajstić information content (AvgIpc) is 3.59. The number of imide groups is 1. The minimum Gasteiger partial charge on any atom is -0.342 e. The number of nitrogens with zero attached hydrogens (tertiary/aromatic N) is 5. The number of hydrogen-bond acceptors (Lipinski definition) is 6. The minimum atomic E-state index is -4.52. The number of piperidine rings is 2. The van der Waals surface area contributed by atoms with Crippen LogP contribution in [0, 0.1) is 5.41 Å². The highest BCUT2D eigenvalue weighted by atomic mass is 19.4. The second-order valence-electron chi connectivity index (χ2n) is 12.3. The zero-order valence-corrected chi connectivity index (χ0v) is 23.4. The Morgan fingerprint density at radius 2 is 1.81 bits per heavy atom. The second-order valence-corrected chi connectivity index (χ2v) is 12.3. The molecule has 4 amide bonds. The van der Waals surface area contributed by atoms with Crippen LogP contribution < -0.4 is 10.2 Å². The standard InChI is InChI=1S/C30H29F3N6O4/c1-28(11-13-37(14-12-28)27(43)29(9-10-29)30(31,32)33)38-16-18(35-36-38)15-17-5-6-21-24-19(17)3-2-4-20(24)26(42)39(21)22-7-8-23(40)34-25(22)41/h2-6,16,22H,7-15H2,1H3,(H,34,40,41). The summed E-state index contributed by atoms with van der Waals surface area (Å²) >= 11 is 0. The summed E-state index contributed by atoms with van der Waals surface area (Å²) < 4.78 is 42.2. The number of rotatable bonds is 5. The number of carbonyl (C=O) groups excluding carboxylic acids is 4. The van der Waals surface area contributed by atoms with Crippen LogP contribution in [0.1, 0.15) is 67.1 Å². The molecule has 1 saturated carbocycles. The maximum absolute atomic E-state index is 13.5. The third-order valence-electron chi connectivity index (χ3n) is 9.63. The monoisotopic (exact) mass is 594 g/mol. The lowest BCUT2D eigenvalue weighted by molar-refractivity contribution is -0.199. The first kappa shape index (κ1) is 27.5. The molecule has 0 radical (unpaired) electrons.